The number of alkyl carbamates (subject to hydrolysis) is 1. The standard InChI is InChI=1S/C43H45N9O5/c1-22(53)44-35(23-7-8-23)41(54)51-19-3-5-33(51)39-46-31-15-12-25-21-26(11-13-27(25)37(31)48-39)29-16-14-28-30(45-29)17-18-32-38(28)49-40(47-32)34-6-4-20-52(34)42(55)36(24-9-10-24)50-43(56)57-2/h11-18,21,23-24,33-36H,3-10,19-20H2,1-2H3,(H,44,53)(H,46,48)(H,47,49)(H,50,56)/t33-,34-,35-,36-/m0/s1. The second-order valence-corrected chi connectivity index (χ2v) is 16.2. The number of ether oxygens (including phenoxy) is 1. The van der Waals surface area contributed by atoms with Crippen LogP contribution in [0.4, 0.5) is 4.79 Å². The fraction of sp³-hybridized carbons (Fsp3) is 0.419. The highest BCUT2D eigenvalue weighted by Crippen LogP contribution is 2.40. The monoisotopic (exact) mass is 767 g/mol. The average molecular weight is 768 g/mol. The molecule has 6 aromatic rings. The van der Waals surface area contributed by atoms with Crippen LogP contribution < -0.4 is 10.6 Å². The molecule has 3 aromatic heterocycles. The summed E-state index contributed by atoms with van der Waals surface area (Å²) in [5, 5.41) is 8.72. The van der Waals surface area contributed by atoms with Gasteiger partial charge < -0.3 is 35.1 Å². The van der Waals surface area contributed by atoms with E-state index in [0.29, 0.717) is 13.1 Å². The normalized spacial score (nSPS) is 20.7. The fourth-order valence-electron chi connectivity index (χ4n) is 9.18. The lowest BCUT2D eigenvalue weighted by Crippen LogP contribution is -2.49. The smallest absolute Gasteiger partial charge is 0.407 e. The second kappa shape index (κ2) is 13.9. The van der Waals surface area contributed by atoms with Crippen LogP contribution in [0.2, 0.25) is 0 Å². The van der Waals surface area contributed by atoms with Crippen molar-refractivity contribution in [3.8, 4) is 11.3 Å². The van der Waals surface area contributed by atoms with Crippen molar-refractivity contribution in [3.63, 3.8) is 0 Å². The topological polar surface area (TPSA) is 178 Å². The van der Waals surface area contributed by atoms with Crippen LogP contribution in [0.1, 0.15) is 82.0 Å². The molecule has 57 heavy (non-hydrogen) atoms. The molecule has 4 N–H and O–H groups in total. The Morgan fingerprint density at radius 2 is 1.25 bits per heavy atom. The molecule has 4 aliphatic rings. The first-order chi connectivity index (χ1) is 27.7. The van der Waals surface area contributed by atoms with E-state index in [9.17, 15) is 19.2 Å². The first-order valence-corrected chi connectivity index (χ1v) is 20.2. The number of benzene rings is 3. The number of H-pyrrole nitrogens is 2. The van der Waals surface area contributed by atoms with Crippen molar-refractivity contribution in [2.75, 3.05) is 20.2 Å². The van der Waals surface area contributed by atoms with Crippen LogP contribution in [-0.2, 0) is 19.1 Å². The minimum atomic E-state index is -0.591. The van der Waals surface area contributed by atoms with Gasteiger partial charge in [0.25, 0.3) is 0 Å². The number of imidazole rings is 2. The maximum atomic E-state index is 13.7. The highest BCUT2D eigenvalue weighted by atomic mass is 16.5. The Hall–Kier alpha value is -6.05. The fourth-order valence-corrected chi connectivity index (χ4v) is 9.18. The van der Waals surface area contributed by atoms with Gasteiger partial charge in [-0.05, 0) is 105 Å². The number of rotatable bonds is 9. The first kappa shape index (κ1) is 35.4. The number of nitrogens with one attached hydrogen (secondary N) is 4. The molecule has 4 fully saturated rings. The van der Waals surface area contributed by atoms with Crippen molar-refractivity contribution in [1.29, 1.82) is 0 Å². The number of likely N-dealkylation sites (tertiary alicyclic amines) is 2. The Balaban J connectivity index is 0.908. The summed E-state index contributed by atoms with van der Waals surface area (Å²) in [5.41, 5.74) is 6.13. The Morgan fingerprint density at radius 3 is 1.84 bits per heavy atom. The Labute approximate surface area is 328 Å². The van der Waals surface area contributed by atoms with Gasteiger partial charge in [-0.2, -0.15) is 0 Å². The molecule has 0 bridgehead atoms. The van der Waals surface area contributed by atoms with Crippen LogP contribution in [0.25, 0.3) is 55.0 Å². The van der Waals surface area contributed by atoms with Gasteiger partial charge in [-0.15, -0.1) is 0 Å². The summed E-state index contributed by atoms with van der Waals surface area (Å²) in [5.74, 6) is 1.59. The third kappa shape index (κ3) is 6.40. The van der Waals surface area contributed by atoms with Crippen LogP contribution in [0.15, 0.2) is 54.6 Å². The molecule has 0 radical (unpaired) electrons. The second-order valence-electron chi connectivity index (χ2n) is 16.2. The lowest BCUT2D eigenvalue weighted by Gasteiger charge is -2.28. The van der Waals surface area contributed by atoms with Crippen LogP contribution in [0, 0.1) is 11.8 Å². The van der Waals surface area contributed by atoms with Crippen molar-refractivity contribution in [3.05, 3.63) is 66.2 Å². The molecular formula is C43H45N9O5. The van der Waals surface area contributed by atoms with Crippen LogP contribution in [-0.4, -0.2) is 90.8 Å². The van der Waals surface area contributed by atoms with Crippen molar-refractivity contribution >= 4 is 67.6 Å². The van der Waals surface area contributed by atoms with Gasteiger partial charge in [0, 0.05) is 36.3 Å². The molecule has 14 nitrogen and oxygen atoms in total. The Morgan fingerprint density at radius 1 is 0.684 bits per heavy atom. The number of methoxy groups -OCH3 is 1. The Kier molecular flexibility index (Phi) is 8.60. The molecule has 2 aliphatic heterocycles. The molecule has 4 atom stereocenters. The summed E-state index contributed by atoms with van der Waals surface area (Å²) in [4.78, 5) is 77.3. The molecule has 2 saturated carbocycles. The molecule has 0 unspecified atom stereocenters. The zero-order chi connectivity index (χ0) is 38.9. The van der Waals surface area contributed by atoms with Crippen molar-refractivity contribution in [2.24, 2.45) is 11.8 Å². The number of fused-ring (bicyclic) bond motifs is 6. The van der Waals surface area contributed by atoms with Gasteiger partial charge in [0.05, 0.1) is 52.5 Å². The van der Waals surface area contributed by atoms with Gasteiger partial charge in [-0.3, -0.25) is 14.4 Å². The van der Waals surface area contributed by atoms with Gasteiger partial charge in [0.2, 0.25) is 17.7 Å². The van der Waals surface area contributed by atoms with Gasteiger partial charge in [0.1, 0.15) is 23.7 Å². The third-order valence-electron chi connectivity index (χ3n) is 12.4. The summed E-state index contributed by atoms with van der Waals surface area (Å²) >= 11 is 0. The highest BCUT2D eigenvalue weighted by molar-refractivity contribution is 6.06. The van der Waals surface area contributed by atoms with E-state index in [0.717, 1.165) is 118 Å². The predicted molar refractivity (Wildman–Crippen MR) is 214 cm³/mol. The number of carbonyl (C=O) groups excluding carboxylic acids is 4. The number of hydrogen-bond acceptors (Lipinski definition) is 8. The largest absolute Gasteiger partial charge is 0.453 e. The molecule has 3 aromatic carbocycles. The highest BCUT2D eigenvalue weighted by Gasteiger charge is 2.44. The number of nitrogens with zero attached hydrogens (tertiary/aromatic N) is 5. The van der Waals surface area contributed by atoms with E-state index >= 15 is 0 Å². The quantitative estimate of drug-likeness (QED) is 0.135. The first-order valence-electron chi connectivity index (χ1n) is 20.2. The van der Waals surface area contributed by atoms with Crippen molar-refractivity contribution in [2.45, 2.75) is 82.5 Å². The number of hydrogen-bond donors (Lipinski definition) is 4. The van der Waals surface area contributed by atoms with E-state index in [1.807, 2.05) is 34.1 Å². The lowest BCUT2D eigenvalue weighted by molar-refractivity contribution is -0.137. The minimum absolute atomic E-state index is 0.0117. The summed E-state index contributed by atoms with van der Waals surface area (Å²) in [6, 6.07) is 17.1. The molecule has 4 amide bonds. The Bertz CT molecular complexity index is 2610. The third-order valence-corrected chi connectivity index (χ3v) is 12.4. The van der Waals surface area contributed by atoms with Gasteiger partial charge in [-0.1, -0.05) is 18.2 Å². The number of carbonyl (C=O) groups is 4. The molecule has 5 heterocycles. The molecular weight excluding hydrogens is 723 g/mol. The minimum Gasteiger partial charge on any atom is -0.453 e. The van der Waals surface area contributed by atoms with Crippen molar-refractivity contribution < 1.29 is 23.9 Å². The van der Waals surface area contributed by atoms with Crippen molar-refractivity contribution in [1.82, 2.24) is 45.4 Å². The van der Waals surface area contributed by atoms with Crippen LogP contribution >= 0.6 is 0 Å². The van der Waals surface area contributed by atoms with E-state index in [-0.39, 0.29) is 41.6 Å². The lowest BCUT2D eigenvalue weighted by atomic mass is 10.0. The molecule has 0 spiro atoms. The van der Waals surface area contributed by atoms with Gasteiger partial charge in [0.15, 0.2) is 0 Å². The SMILES string of the molecule is COC(=O)N[C@H](C(=O)N1CCC[C@H]1c1nc2ccc3nc(-c4ccc5c(ccc6nc([C@@H]7CCCN7C(=O)[C@@H](NC(C)=O)C7CC7)[nH]c65)c4)ccc3c2[nH]1)C1CC1. The average Bonchev–Trinajstić information content (AvgIpc) is 3.99. The summed E-state index contributed by atoms with van der Waals surface area (Å²) in [6.07, 6.45) is 6.50. The zero-order valence-corrected chi connectivity index (χ0v) is 32.0. The molecule has 292 valence electrons. The van der Waals surface area contributed by atoms with Crippen LogP contribution in [0.3, 0.4) is 0 Å². The summed E-state index contributed by atoms with van der Waals surface area (Å²) in [6.45, 7) is 2.73. The number of amides is 4. The maximum Gasteiger partial charge on any atom is 0.407 e. The van der Waals surface area contributed by atoms with E-state index in [4.69, 9.17) is 19.7 Å². The summed E-state index contributed by atoms with van der Waals surface area (Å²) < 4.78 is 4.81. The van der Waals surface area contributed by atoms with E-state index in [1.54, 1.807) is 0 Å². The predicted octanol–water partition coefficient (Wildman–Crippen LogP) is 6.18. The molecule has 2 aliphatic carbocycles. The van der Waals surface area contributed by atoms with Gasteiger partial charge in [-0.25, -0.2) is 19.7 Å². The molecule has 10 rings (SSSR count). The zero-order valence-electron chi connectivity index (χ0n) is 32.0. The maximum absolute atomic E-state index is 13.7. The molecule has 14 heteroatoms. The van der Waals surface area contributed by atoms with Gasteiger partial charge >= 0.3 is 6.09 Å². The van der Waals surface area contributed by atoms with E-state index < -0.39 is 18.2 Å². The number of aromatic amines is 2. The summed E-state index contributed by atoms with van der Waals surface area (Å²) in [7, 11) is 1.31. The van der Waals surface area contributed by atoms with Crippen LogP contribution in [0.5, 0.6) is 0 Å². The van der Waals surface area contributed by atoms with E-state index in [1.165, 1.54) is 14.0 Å². The molecule has 2 saturated heterocycles. The van der Waals surface area contributed by atoms with E-state index in [2.05, 4.69) is 50.9 Å². The number of pyridine rings is 1. The number of aromatic nitrogens is 5.